The van der Waals surface area contributed by atoms with Crippen molar-refractivity contribution in [3.05, 3.63) is 58.1 Å². The molecule has 1 amide bonds. The van der Waals surface area contributed by atoms with Crippen LogP contribution in [0.2, 0.25) is 10.0 Å². The normalized spacial score (nSPS) is 10.3. The molecule has 0 saturated carbocycles. The molecule has 0 bridgehead atoms. The molecule has 2 aromatic carbocycles. The number of benzene rings is 2. The van der Waals surface area contributed by atoms with Crippen molar-refractivity contribution in [1.29, 1.82) is 0 Å². The summed E-state index contributed by atoms with van der Waals surface area (Å²) in [6.07, 6.45) is 3.15. The summed E-state index contributed by atoms with van der Waals surface area (Å²) in [6.45, 7) is 2.70. The molecule has 4 nitrogen and oxygen atoms in total. The second kappa shape index (κ2) is 10.4. The summed E-state index contributed by atoms with van der Waals surface area (Å²) in [5.74, 6) is 0.201. The van der Waals surface area contributed by atoms with Crippen LogP contribution in [0, 0.1) is 0 Å². The maximum atomic E-state index is 12.5. The fourth-order valence-electron chi connectivity index (χ4n) is 2.22. The van der Waals surface area contributed by atoms with Gasteiger partial charge in [-0.3, -0.25) is 10.1 Å². The van der Waals surface area contributed by atoms with Crippen LogP contribution < -0.4 is 15.4 Å². The molecule has 2 aromatic rings. The number of amides is 1. The summed E-state index contributed by atoms with van der Waals surface area (Å²) >= 11 is 17.0. The Hall–Kier alpha value is -1.82. The molecule has 0 fully saturated rings. The summed E-state index contributed by atoms with van der Waals surface area (Å²) in [7, 11) is 0. The molecular weight excluding hydrogens is 391 g/mol. The predicted molar refractivity (Wildman–Crippen MR) is 112 cm³/mol. The Morgan fingerprint density at radius 2 is 1.88 bits per heavy atom. The van der Waals surface area contributed by atoms with Gasteiger partial charge in [-0.2, -0.15) is 0 Å². The molecule has 0 saturated heterocycles. The van der Waals surface area contributed by atoms with Crippen molar-refractivity contribution in [2.45, 2.75) is 26.2 Å². The van der Waals surface area contributed by atoms with Gasteiger partial charge >= 0.3 is 0 Å². The first-order valence-corrected chi connectivity index (χ1v) is 9.47. The van der Waals surface area contributed by atoms with Gasteiger partial charge in [0.1, 0.15) is 5.75 Å². The SMILES string of the molecule is CCCCCOc1ccccc1C(=O)NC(=S)Nc1ccc(Cl)c(Cl)c1. The Kier molecular flexibility index (Phi) is 8.16. The van der Waals surface area contributed by atoms with Crippen LogP contribution in [-0.4, -0.2) is 17.6 Å². The number of thiocarbonyl (C=S) groups is 1. The van der Waals surface area contributed by atoms with E-state index in [1.165, 1.54) is 0 Å². The number of ether oxygens (including phenoxy) is 1. The van der Waals surface area contributed by atoms with Crippen molar-refractivity contribution in [2.24, 2.45) is 0 Å². The highest BCUT2D eigenvalue weighted by molar-refractivity contribution is 7.80. The van der Waals surface area contributed by atoms with Crippen LogP contribution in [0.1, 0.15) is 36.5 Å². The number of halogens is 2. The Morgan fingerprint density at radius 1 is 1.12 bits per heavy atom. The molecule has 0 spiro atoms. The van der Waals surface area contributed by atoms with Crippen molar-refractivity contribution in [3.63, 3.8) is 0 Å². The van der Waals surface area contributed by atoms with Crippen LogP contribution in [0.5, 0.6) is 5.75 Å². The molecule has 0 unspecified atom stereocenters. The third-order valence-corrected chi connectivity index (χ3v) is 4.48. The number of hydrogen-bond donors (Lipinski definition) is 2. The fraction of sp³-hybridized carbons (Fsp3) is 0.263. The van der Waals surface area contributed by atoms with E-state index >= 15 is 0 Å². The monoisotopic (exact) mass is 410 g/mol. The van der Waals surface area contributed by atoms with Gasteiger partial charge in [-0.1, -0.05) is 55.1 Å². The van der Waals surface area contributed by atoms with E-state index < -0.39 is 0 Å². The molecule has 0 aliphatic rings. The van der Waals surface area contributed by atoms with Gasteiger partial charge in [0.05, 0.1) is 22.2 Å². The number of unbranched alkanes of at least 4 members (excludes halogenated alkanes) is 2. The van der Waals surface area contributed by atoms with E-state index in [4.69, 9.17) is 40.2 Å². The third kappa shape index (κ3) is 6.16. The summed E-state index contributed by atoms with van der Waals surface area (Å²) in [5, 5.41) is 6.56. The molecule has 26 heavy (non-hydrogen) atoms. The lowest BCUT2D eigenvalue weighted by atomic mass is 10.2. The maximum Gasteiger partial charge on any atom is 0.261 e. The van der Waals surface area contributed by atoms with E-state index in [-0.39, 0.29) is 11.0 Å². The first kappa shape index (κ1) is 20.5. The quantitative estimate of drug-likeness (QED) is 0.454. The Balaban J connectivity index is 1.98. The van der Waals surface area contributed by atoms with Crippen LogP contribution in [0.4, 0.5) is 5.69 Å². The minimum absolute atomic E-state index is 0.161. The van der Waals surface area contributed by atoms with E-state index in [1.54, 1.807) is 36.4 Å². The molecule has 0 heterocycles. The average Bonchev–Trinajstić information content (AvgIpc) is 2.62. The van der Waals surface area contributed by atoms with Crippen LogP contribution in [0.3, 0.4) is 0 Å². The first-order valence-electron chi connectivity index (χ1n) is 8.30. The third-order valence-electron chi connectivity index (χ3n) is 3.54. The second-order valence-electron chi connectivity index (χ2n) is 5.59. The summed E-state index contributed by atoms with van der Waals surface area (Å²) in [5.41, 5.74) is 1.07. The lowest BCUT2D eigenvalue weighted by Crippen LogP contribution is -2.34. The number of carbonyl (C=O) groups is 1. The summed E-state index contributed by atoms with van der Waals surface area (Å²) in [4.78, 5) is 12.5. The van der Waals surface area contributed by atoms with Crippen molar-refractivity contribution >= 4 is 52.1 Å². The van der Waals surface area contributed by atoms with E-state index in [1.807, 2.05) is 6.07 Å². The van der Waals surface area contributed by atoms with Crippen molar-refractivity contribution in [2.75, 3.05) is 11.9 Å². The van der Waals surface area contributed by atoms with Gasteiger partial charge in [-0.15, -0.1) is 0 Å². The van der Waals surface area contributed by atoms with Gasteiger partial charge in [0.15, 0.2) is 5.11 Å². The number of hydrogen-bond acceptors (Lipinski definition) is 3. The van der Waals surface area contributed by atoms with E-state index in [2.05, 4.69) is 17.6 Å². The molecule has 2 N–H and O–H groups in total. The molecule has 7 heteroatoms. The number of para-hydroxylation sites is 1. The highest BCUT2D eigenvalue weighted by Gasteiger charge is 2.13. The van der Waals surface area contributed by atoms with Crippen LogP contribution in [0.25, 0.3) is 0 Å². The zero-order valence-corrected chi connectivity index (χ0v) is 16.7. The van der Waals surface area contributed by atoms with Crippen LogP contribution >= 0.6 is 35.4 Å². The zero-order chi connectivity index (χ0) is 18.9. The largest absolute Gasteiger partial charge is 0.493 e. The topological polar surface area (TPSA) is 50.4 Å². The van der Waals surface area contributed by atoms with Gasteiger partial charge < -0.3 is 10.1 Å². The Bertz CT molecular complexity index is 784. The lowest BCUT2D eigenvalue weighted by molar-refractivity contribution is 0.0973. The highest BCUT2D eigenvalue weighted by atomic mass is 35.5. The van der Waals surface area contributed by atoms with E-state index in [0.717, 1.165) is 19.3 Å². The van der Waals surface area contributed by atoms with Gasteiger partial charge in [-0.25, -0.2) is 0 Å². The lowest BCUT2D eigenvalue weighted by Gasteiger charge is -2.13. The van der Waals surface area contributed by atoms with Crippen molar-refractivity contribution in [1.82, 2.24) is 5.32 Å². The van der Waals surface area contributed by atoms with Gasteiger partial charge in [0.25, 0.3) is 5.91 Å². The number of rotatable bonds is 7. The Labute approximate surface area is 168 Å². The molecule has 0 radical (unpaired) electrons. The number of carbonyl (C=O) groups excluding carboxylic acids is 1. The summed E-state index contributed by atoms with van der Waals surface area (Å²) < 4.78 is 5.73. The predicted octanol–water partition coefficient (Wildman–Crippen LogP) is 5.69. The van der Waals surface area contributed by atoms with Gasteiger partial charge in [0.2, 0.25) is 0 Å². The second-order valence-corrected chi connectivity index (χ2v) is 6.81. The van der Waals surface area contributed by atoms with Crippen molar-refractivity contribution in [3.8, 4) is 5.75 Å². The number of anilines is 1. The smallest absolute Gasteiger partial charge is 0.261 e. The number of nitrogens with one attached hydrogen (secondary N) is 2. The molecule has 0 aromatic heterocycles. The first-order chi connectivity index (χ1) is 12.5. The Morgan fingerprint density at radius 3 is 2.62 bits per heavy atom. The van der Waals surface area contributed by atoms with E-state index in [9.17, 15) is 4.79 Å². The standard InChI is InChI=1S/C19H20Cl2N2O2S/c1-2-3-6-11-25-17-8-5-4-7-14(17)18(24)23-19(26)22-13-9-10-15(20)16(21)12-13/h4-5,7-10,12H,2-3,6,11H2,1H3,(H2,22,23,24,26). The molecule has 138 valence electrons. The molecule has 0 aliphatic carbocycles. The van der Waals surface area contributed by atoms with Crippen LogP contribution in [-0.2, 0) is 0 Å². The van der Waals surface area contributed by atoms with E-state index in [0.29, 0.717) is 33.7 Å². The minimum atomic E-state index is -0.339. The summed E-state index contributed by atoms with van der Waals surface area (Å²) in [6, 6.07) is 12.1. The molecule has 0 atom stereocenters. The molecule has 0 aliphatic heterocycles. The fourth-order valence-corrected chi connectivity index (χ4v) is 2.73. The van der Waals surface area contributed by atoms with Gasteiger partial charge in [-0.05, 0) is 49.0 Å². The van der Waals surface area contributed by atoms with Gasteiger partial charge in [0, 0.05) is 5.69 Å². The van der Waals surface area contributed by atoms with Crippen LogP contribution in [0.15, 0.2) is 42.5 Å². The average molecular weight is 411 g/mol. The molecule has 2 rings (SSSR count). The minimum Gasteiger partial charge on any atom is -0.493 e. The molecular formula is C19H20Cl2N2O2S. The maximum absolute atomic E-state index is 12.5. The zero-order valence-electron chi connectivity index (χ0n) is 14.4. The van der Waals surface area contributed by atoms with Crippen molar-refractivity contribution < 1.29 is 9.53 Å². The highest BCUT2D eigenvalue weighted by Crippen LogP contribution is 2.25.